The van der Waals surface area contributed by atoms with Crippen LogP contribution in [0.1, 0.15) is 83.3 Å². The van der Waals surface area contributed by atoms with Crippen LogP contribution in [0.3, 0.4) is 0 Å². The molecule has 61 heavy (non-hydrogen) atoms. The van der Waals surface area contributed by atoms with Crippen LogP contribution in [0.5, 0.6) is 11.5 Å². The number of ether oxygens (including phenoxy) is 1. The predicted octanol–water partition coefficient (Wildman–Crippen LogP) is 9.03. The summed E-state index contributed by atoms with van der Waals surface area (Å²) in [5.74, 6) is -1.04. The van der Waals surface area contributed by atoms with Crippen molar-refractivity contribution in [2.45, 2.75) is 95.6 Å². The monoisotopic (exact) mass is 949 g/mol. The van der Waals surface area contributed by atoms with Gasteiger partial charge in [-0.1, -0.05) is 137 Å². The van der Waals surface area contributed by atoms with Gasteiger partial charge in [0.05, 0.1) is 35.2 Å². The van der Waals surface area contributed by atoms with E-state index in [0.717, 1.165) is 60.0 Å². The third-order valence-electron chi connectivity index (χ3n) is 13.6. The average molecular weight is 950 g/mol. The number of imide groups is 1. The molecule has 4 atom stereocenters. The summed E-state index contributed by atoms with van der Waals surface area (Å²) < 4.78 is 20.4. The van der Waals surface area contributed by atoms with Crippen LogP contribution in [0.2, 0.25) is 11.4 Å². The number of fused-ring (bicyclic) bond motifs is 3. The molecule has 4 aliphatic rings. The van der Waals surface area contributed by atoms with Crippen molar-refractivity contribution >= 4 is 71.9 Å². The summed E-state index contributed by atoms with van der Waals surface area (Å²) in [6.45, 7) is 7.09. The number of likely N-dealkylation sites (tertiary alicyclic amines) is 1. The molecule has 0 bridgehead atoms. The van der Waals surface area contributed by atoms with Crippen molar-refractivity contribution in [2.75, 3.05) is 13.7 Å². The van der Waals surface area contributed by atoms with Gasteiger partial charge < -0.3 is 23.9 Å². The number of phenolic OH excluding ortho intramolecular Hbond substituents is 1. The van der Waals surface area contributed by atoms with Crippen molar-refractivity contribution in [1.29, 1.82) is 0 Å². The van der Waals surface area contributed by atoms with Crippen LogP contribution in [-0.2, 0) is 18.7 Å². The number of nitrogens with zero attached hydrogens (tertiary/aromatic N) is 1. The number of hydrogen-bond acceptors (Lipinski definition) is 7. The van der Waals surface area contributed by atoms with E-state index in [2.05, 4.69) is 110 Å². The second-order valence-corrected chi connectivity index (χ2v) is 23.7. The number of hydrogen-bond donors (Lipinski definition) is 2. The van der Waals surface area contributed by atoms with Crippen LogP contribution in [0.15, 0.2) is 114 Å². The van der Waals surface area contributed by atoms with E-state index in [1.807, 2.05) is 42.5 Å². The lowest BCUT2D eigenvalue weighted by molar-refractivity contribution is -0.143. The van der Waals surface area contributed by atoms with Gasteiger partial charge in [0.2, 0.25) is 11.8 Å². The molecule has 0 spiro atoms. The van der Waals surface area contributed by atoms with Crippen molar-refractivity contribution in [3.05, 3.63) is 129 Å². The van der Waals surface area contributed by atoms with Crippen molar-refractivity contribution in [1.82, 2.24) is 4.90 Å². The molecule has 4 aromatic carbocycles. The van der Waals surface area contributed by atoms with Crippen molar-refractivity contribution in [2.24, 2.45) is 17.8 Å². The minimum absolute atomic E-state index is 0.0605. The molecule has 2 amide bonds. The second-order valence-electron chi connectivity index (χ2n) is 18.2. The van der Waals surface area contributed by atoms with Crippen molar-refractivity contribution in [3.8, 4) is 11.5 Å². The van der Waals surface area contributed by atoms with Gasteiger partial charge in [-0.15, -0.1) is 0 Å². The first kappa shape index (κ1) is 43.6. The van der Waals surface area contributed by atoms with Crippen LogP contribution in [-0.4, -0.2) is 68.1 Å². The lowest BCUT2D eigenvalue weighted by Crippen LogP contribution is -2.66. The first-order valence-electron chi connectivity index (χ1n) is 21.9. The van der Waals surface area contributed by atoms with Crippen LogP contribution < -0.4 is 15.1 Å². The topological polar surface area (TPSA) is 106 Å². The summed E-state index contributed by atoms with van der Waals surface area (Å²) in [5, 5.41) is 24.2. The van der Waals surface area contributed by atoms with Gasteiger partial charge >= 0.3 is 7.12 Å². The zero-order valence-electron chi connectivity index (χ0n) is 35.7. The number of rotatable bonds is 12. The van der Waals surface area contributed by atoms with Crippen molar-refractivity contribution in [3.63, 3.8) is 0 Å². The van der Waals surface area contributed by atoms with Crippen LogP contribution in [0.25, 0.3) is 11.6 Å². The molecule has 2 saturated heterocycles. The van der Waals surface area contributed by atoms with E-state index < -0.39 is 33.4 Å². The third kappa shape index (κ3) is 8.57. The molecule has 0 unspecified atom stereocenters. The molecule has 2 heterocycles. The van der Waals surface area contributed by atoms with E-state index >= 15 is 0 Å². The number of carbonyl (C=O) groups excluding carboxylic acids is 2. The Balaban J connectivity index is 1.22. The summed E-state index contributed by atoms with van der Waals surface area (Å²) >= 11 is 2.12. The van der Waals surface area contributed by atoms with Crippen LogP contribution in [0.4, 0.5) is 0 Å². The zero-order chi connectivity index (χ0) is 42.9. The number of amides is 2. The average Bonchev–Trinajstić information content (AvgIpc) is 3.52. The number of carbonyl (C=O) groups is 2. The summed E-state index contributed by atoms with van der Waals surface area (Å²) in [6, 6.07) is 35.1. The molecule has 0 aromatic heterocycles. The standard InChI is InChI=1S/C50H57BINO7Si/c1-50(2,3)61(38-21-13-7-14-22-38,39-23-15-8-16-24-39)59-32-36-30-40-46(49(56)53(48(40)55)37-19-11-6-12-20-37)41-31-51(57)60-43(45(36)41)26-25-35(34-17-9-5-10-18-34)27-33-28-42(52)47(54)44(29-33)58-4/h5,7-10,13-18,21-24,27-29,37,40-41,43,46,54,57H,6,11-12,19-20,25-26,30-32H2,1-4H3/b35-27-/t40-,41+,43-,46-/m1/s1. The van der Waals surface area contributed by atoms with Gasteiger partial charge in [0.1, 0.15) is 0 Å². The second kappa shape index (κ2) is 18.4. The Bertz CT molecular complexity index is 2240. The summed E-state index contributed by atoms with van der Waals surface area (Å²) in [7, 11) is -2.53. The molecule has 8 nitrogen and oxygen atoms in total. The lowest BCUT2D eigenvalue weighted by atomic mass is 9.58. The Morgan fingerprint density at radius 2 is 1.52 bits per heavy atom. The molecular weight excluding hydrogens is 892 g/mol. The number of benzene rings is 4. The van der Waals surface area contributed by atoms with Gasteiger partial charge in [0.15, 0.2) is 11.5 Å². The predicted molar refractivity (Wildman–Crippen MR) is 253 cm³/mol. The quantitative estimate of drug-likeness (QED) is 0.0481. The van der Waals surface area contributed by atoms with E-state index in [1.165, 1.54) is 10.4 Å². The fourth-order valence-corrected chi connectivity index (χ4v) is 16.0. The molecule has 1 saturated carbocycles. The fraction of sp³-hybridized carbons (Fsp3) is 0.400. The van der Waals surface area contributed by atoms with Crippen LogP contribution >= 0.6 is 22.6 Å². The van der Waals surface area contributed by atoms with Gasteiger partial charge in [-0.3, -0.25) is 14.5 Å². The maximum absolute atomic E-state index is 14.7. The maximum atomic E-state index is 14.7. The number of methoxy groups -OCH3 is 1. The minimum Gasteiger partial charge on any atom is -0.504 e. The fourth-order valence-electron chi connectivity index (χ4n) is 10.8. The van der Waals surface area contributed by atoms with Crippen molar-refractivity contribution < 1.29 is 33.5 Å². The molecule has 2 N–H and O–H groups in total. The molecule has 0 radical (unpaired) electrons. The maximum Gasteiger partial charge on any atom is 0.455 e. The number of halogens is 1. The summed E-state index contributed by atoms with van der Waals surface area (Å²) in [5.41, 5.74) is 5.03. The lowest BCUT2D eigenvalue weighted by Gasteiger charge is -2.46. The zero-order valence-corrected chi connectivity index (χ0v) is 38.8. The largest absolute Gasteiger partial charge is 0.504 e. The Hall–Kier alpha value is -4.01. The highest BCUT2D eigenvalue weighted by Gasteiger charge is 2.59. The third-order valence-corrected chi connectivity index (χ3v) is 19.4. The van der Waals surface area contributed by atoms with Gasteiger partial charge in [0.25, 0.3) is 8.32 Å². The normalized spacial score (nSPS) is 22.7. The van der Waals surface area contributed by atoms with E-state index in [-0.39, 0.29) is 47.5 Å². The van der Waals surface area contributed by atoms with Gasteiger partial charge in [-0.05, 0) is 122 Å². The van der Waals surface area contributed by atoms with E-state index in [0.29, 0.717) is 28.6 Å². The highest BCUT2D eigenvalue weighted by molar-refractivity contribution is 14.1. The van der Waals surface area contributed by atoms with Gasteiger partial charge in [-0.2, -0.15) is 0 Å². The first-order chi connectivity index (χ1) is 29.4. The van der Waals surface area contributed by atoms with E-state index in [4.69, 9.17) is 13.8 Å². The smallest absolute Gasteiger partial charge is 0.455 e. The van der Waals surface area contributed by atoms with Gasteiger partial charge in [-0.25, -0.2) is 0 Å². The highest BCUT2D eigenvalue weighted by atomic mass is 127. The first-order valence-corrected chi connectivity index (χ1v) is 24.9. The minimum atomic E-state index is -2.99. The summed E-state index contributed by atoms with van der Waals surface area (Å²) in [6.07, 6.45) is 8.26. The Morgan fingerprint density at radius 3 is 2.13 bits per heavy atom. The number of phenols is 1. The molecular formula is C50H57BINO7Si. The molecule has 2 aliphatic heterocycles. The molecule has 2 aliphatic carbocycles. The summed E-state index contributed by atoms with van der Waals surface area (Å²) in [4.78, 5) is 30.9. The Kier molecular flexibility index (Phi) is 13.1. The Labute approximate surface area is 375 Å². The molecule has 3 fully saturated rings. The van der Waals surface area contributed by atoms with E-state index in [9.17, 15) is 19.7 Å². The van der Waals surface area contributed by atoms with Crippen LogP contribution in [0, 0.1) is 21.3 Å². The highest BCUT2D eigenvalue weighted by Crippen LogP contribution is 2.52. The number of allylic oxidation sites excluding steroid dienone is 1. The molecule has 318 valence electrons. The van der Waals surface area contributed by atoms with Gasteiger partial charge in [0, 0.05) is 6.04 Å². The SMILES string of the molecule is COc1cc(/C=C(/CC[C@H]2OB(O)C[C@H]3C2=C(CO[Si](c2ccccc2)(c2ccccc2)C(C)(C)C)C[C@H]2C(=O)N(C4CCCCC4)C(=O)[C@H]23)c2ccccc2)cc(I)c1O. The Morgan fingerprint density at radius 1 is 0.902 bits per heavy atom. The van der Waals surface area contributed by atoms with E-state index in [1.54, 1.807) is 12.0 Å². The molecule has 8 rings (SSSR count). The molecule has 4 aromatic rings. The number of aromatic hydroxyl groups is 1. The molecule has 11 heteroatoms.